The van der Waals surface area contributed by atoms with Gasteiger partial charge >= 0.3 is 0 Å². The Kier molecular flexibility index (Phi) is 5.62. The maximum Gasteiger partial charge on any atom is 0.0591 e. The molecule has 1 aromatic rings. The molecule has 0 aromatic heterocycles. The molecule has 20 heavy (non-hydrogen) atoms. The smallest absolute Gasteiger partial charge is 0.0591 e. The van der Waals surface area contributed by atoms with Gasteiger partial charge in [0.05, 0.1) is 6.61 Å². The average molecular weight is 275 g/mol. The Morgan fingerprint density at radius 1 is 1.25 bits per heavy atom. The van der Waals surface area contributed by atoms with Gasteiger partial charge in [0, 0.05) is 19.2 Å². The van der Waals surface area contributed by atoms with Crippen LogP contribution in [0.4, 0.5) is 0 Å². The Balaban J connectivity index is 1.91. The third-order valence-electron chi connectivity index (χ3n) is 4.42. The Morgan fingerprint density at radius 3 is 2.85 bits per heavy atom. The van der Waals surface area contributed by atoms with Crippen molar-refractivity contribution in [3.05, 3.63) is 35.4 Å². The topological polar surface area (TPSA) is 21.3 Å². The van der Waals surface area contributed by atoms with Gasteiger partial charge in [0.2, 0.25) is 0 Å². The van der Waals surface area contributed by atoms with Crippen LogP contribution in [0.1, 0.15) is 57.2 Å². The summed E-state index contributed by atoms with van der Waals surface area (Å²) in [5.74, 6) is 0. The number of ether oxygens (including phenoxy) is 1. The van der Waals surface area contributed by atoms with Gasteiger partial charge in [0.15, 0.2) is 0 Å². The summed E-state index contributed by atoms with van der Waals surface area (Å²) in [7, 11) is 0. The molecule has 1 unspecified atom stereocenters. The van der Waals surface area contributed by atoms with E-state index in [2.05, 4.69) is 50.4 Å². The molecule has 0 amide bonds. The first-order valence-electron chi connectivity index (χ1n) is 8.04. The number of hydrogen-bond donors (Lipinski definition) is 1. The predicted octanol–water partition coefficient (Wildman–Crippen LogP) is 4.11. The van der Waals surface area contributed by atoms with E-state index in [9.17, 15) is 0 Å². The standard InChI is InChI=1S/C18H29NO/c1-4-5-13-20-14-12-19-17-16-9-7-6-8-15(16)10-11-18(17,2)3/h6-9,17,19H,4-5,10-14H2,1-3H3. The van der Waals surface area contributed by atoms with Gasteiger partial charge in [-0.15, -0.1) is 0 Å². The highest BCUT2D eigenvalue weighted by molar-refractivity contribution is 5.34. The summed E-state index contributed by atoms with van der Waals surface area (Å²) in [5, 5.41) is 3.72. The molecule has 2 nitrogen and oxygen atoms in total. The summed E-state index contributed by atoms with van der Waals surface area (Å²) < 4.78 is 5.66. The fourth-order valence-corrected chi connectivity index (χ4v) is 3.08. The minimum Gasteiger partial charge on any atom is -0.380 e. The lowest BCUT2D eigenvalue weighted by Crippen LogP contribution is -2.39. The monoisotopic (exact) mass is 275 g/mol. The second-order valence-electron chi connectivity index (χ2n) is 6.54. The first kappa shape index (κ1) is 15.5. The first-order valence-corrected chi connectivity index (χ1v) is 8.04. The highest BCUT2D eigenvalue weighted by Crippen LogP contribution is 2.43. The van der Waals surface area contributed by atoms with Gasteiger partial charge in [-0.3, -0.25) is 0 Å². The molecule has 1 aliphatic carbocycles. The zero-order valence-corrected chi connectivity index (χ0v) is 13.2. The van der Waals surface area contributed by atoms with Crippen molar-refractivity contribution in [1.29, 1.82) is 0 Å². The van der Waals surface area contributed by atoms with Crippen LogP contribution in [0.3, 0.4) is 0 Å². The lowest BCUT2D eigenvalue weighted by Gasteiger charge is -2.40. The second-order valence-corrected chi connectivity index (χ2v) is 6.54. The zero-order chi connectivity index (χ0) is 14.4. The lowest BCUT2D eigenvalue weighted by atomic mass is 9.70. The molecule has 0 fully saturated rings. The molecule has 1 aliphatic rings. The van der Waals surface area contributed by atoms with Crippen molar-refractivity contribution < 1.29 is 4.74 Å². The molecular formula is C18H29NO. The van der Waals surface area contributed by atoms with Gasteiger partial charge < -0.3 is 10.1 Å². The molecule has 0 heterocycles. The summed E-state index contributed by atoms with van der Waals surface area (Å²) in [6.45, 7) is 9.59. The number of fused-ring (bicyclic) bond motifs is 1. The van der Waals surface area contributed by atoms with Gasteiger partial charge in [-0.1, -0.05) is 51.5 Å². The molecule has 1 atom stereocenters. The third kappa shape index (κ3) is 3.83. The van der Waals surface area contributed by atoms with Crippen LogP contribution in [0.5, 0.6) is 0 Å². The van der Waals surface area contributed by atoms with Crippen LogP contribution in [-0.4, -0.2) is 19.8 Å². The fourth-order valence-electron chi connectivity index (χ4n) is 3.08. The third-order valence-corrected chi connectivity index (χ3v) is 4.42. The average Bonchev–Trinajstić information content (AvgIpc) is 2.44. The molecule has 0 aliphatic heterocycles. The zero-order valence-electron chi connectivity index (χ0n) is 13.2. The van der Waals surface area contributed by atoms with Gasteiger partial charge in [0.1, 0.15) is 0 Å². The van der Waals surface area contributed by atoms with E-state index < -0.39 is 0 Å². The molecule has 0 radical (unpaired) electrons. The maximum absolute atomic E-state index is 5.66. The van der Waals surface area contributed by atoms with Gasteiger partial charge in [-0.25, -0.2) is 0 Å². The quantitative estimate of drug-likeness (QED) is 0.756. The van der Waals surface area contributed by atoms with E-state index in [-0.39, 0.29) is 0 Å². The Hall–Kier alpha value is -0.860. The normalized spacial score (nSPS) is 20.6. The van der Waals surface area contributed by atoms with E-state index in [1.54, 1.807) is 0 Å². The lowest BCUT2D eigenvalue weighted by molar-refractivity contribution is 0.120. The molecule has 2 rings (SSSR count). The number of unbranched alkanes of at least 4 members (excludes halogenated alkanes) is 1. The second kappa shape index (κ2) is 7.24. The number of hydrogen-bond acceptors (Lipinski definition) is 2. The summed E-state index contributed by atoms with van der Waals surface area (Å²) in [6, 6.07) is 9.32. The Labute approximate surface area is 123 Å². The largest absolute Gasteiger partial charge is 0.380 e. The van der Waals surface area contributed by atoms with E-state index in [4.69, 9.17) is 4.74 Å². The minimum atomic E-state index is 0.317. The molecular weight excluding hydrogens is 246 g/mol. The van der Waals surface area contributed by atoms with Crippen LogP contribution >= 0.6 is 0 Å². The van der Waals surface area contributed by atoms with Crippen LogP contribution < -0.4 is 5.32 Å². The minimum absolute atomic E-state index is 0.317. The molecule has 0 saturated carbocycles. The number of nitrogens with one attached hydrogen (secondary N) is 1. The molecule has 2 heteroatoms. The van der Waals surface area contributed by atoms with E-state index >= 15 is 0 Å². The van der Waals surface area contributed by atoms with E-state index in [0.29, 0.717) is 11.5 Å². The summed E-state index contributed by atoms with van der Waals surface area (Å²) in [5.41, 5.74) is 3.31. The summed E-state index contributed by atoms with van der Waals surface area (Å²) in [4.78, 5) is 0. The van der Waals surface area contributed by atoms with Gasteiger partial charge in [0.25, 0.3) is 0 Å². The van der Waals surface area contributed by atoms with Crippen molar-refractivity contribution in [2.45, 2.75) is 52.5 Å². The van der Waals surface area contributed by atoms with Gasteiger partial charge in [-0.2, -0.15) is 0 Å². The molecule has 112 valence electrons. The molecule has 1 N–H and O–H groups in total. The molecule has 0 spiro atoms. The van der Waals surface area contributed by atoms with Crippen LogP contribution in [0.2, 0.25) is 0 Å². The summed E-state index contributed by atoms with van der Waals surface area (Å²) >= 11 is 0. The molecule has 1 aromatic carbocycles. The molecule has 0 bridgehead atoms. The first-order chi connectivity index (χ1) is 9.65. The number of aryl methyl sites for hydroxylation is 1. The van der Waals surface area contributed by atoms with Crippen molar-refractivity contribution in [3.8, 4) is 0 Å². The highest BCUT2D eigenvalue weighted by Gasteiger charge is 2.35. The highest BCUT2D eigenvalue weighted by atomic mass is 16.5. The van der Waals surface area contributed by atoms with Crippen molar-refractivity contribution in [2.75, 3.05) is 19.8 Å². The Morgan fingerprint density at radius 2 is 2.05 bits per heavy atom. The van der Waals surface area contributed by atoms with Crippen molar-refractivity contribution in [2.24, 2.45) is 5.41 Å². The maximum atomic E-state index is 5.66. The predicted molar refractivity (Wildman–Crippen MR) is 85.0 cm³/mol. The van der Waals surface area contributed by atoms with Crippen LogP contribution in [-0.2, 0) is 11.2 Å². The SMILES string of the molecule is CCCCOCCNC1c2ccccc2CCC1(C)C. The van der Waals surface area contributed by atoms with E-state index in [1.165, 1.54) is 30.4 Å². The van der Waals surface area contributed by atoms with Crippen LogP contribution in [0, 0.1) is 5.41 Å². The fraction of sp³-hybridized carbons (Fsp3) is 0.667. The van der Waals surface area contributed by atoms with Gasteiger partial charge in [-0.05, 0) is 35.8 Å². The number of rotatable bonds is 7. The van der Waals surface area contributed by atoms with E-state index in [1.807, 2.05) is 0 Å². The van der Waals surface area contributed by atoms with Crippen molar-refractivity contribution >= 4 is 0 Å². The van der Waals surface area contributed by atoms with Crippen LogP contribution in [0.25, 0.3) is 0 Å². The number of benzene rings is 1. The van der Waals surface area contributed by atoms with Crippen molar-refractivity contribution in [3.63, 3.8) is 0 Å². The van der Waals surface area contributed by atoms with Crippen LogP contribution in [0.15, 0.2) is 24.3 Å². The summed E-state index contributed by atoms with van der Waals surface area (Å²) in [6.07, 6.45) is 4.82. The van der Waals surface area contributed by atoms with Crippen molar-refractivity contribution in [1.82, 2.24) is 5.32 Å². The molecule has 0 saturated heterocycles. The van der Waals surface area contributed by atoms with E-state index in [0.717, 1.165) is 26.2 Å². The Bertz CT molecular complexity index is 414.